The maximum Gasteiger partial charge on any atom is 0.254 e. The Morgan fingerprint density at radius 3 is 2.70 bits per heavy atom. The second-order valence-corrected chi connectivity index (χ2v) is 6.37. The molecular weight excluding hydrogens is 317 g/mol. The summed E-state index contributed by atoms with van der Waals surface area (Å²) in [6.45, 7) is 1.31. The lowest BCUT2D eigenvalue weighted by atomic mass is 9.99. The maximum absolute atomic E-state index is 13.4. The fraction of sp³-hybridized carbons (Fsp3) is 0.278. The molecule has 0 saturated carbocycles. The van der Waals surface area contributed by atoms with E-state index in [1.807, 2.05) is 12.1 Å². The van der Waals surface area contributed by atoms with Gasteiger partial charge >= 0.3 is 0 Å². The van der Waals surface area contributed by atoms with Gasteiger partial charge in [-0.2, -0.15) is 0 Å². The van der Waals surface area contributed by atoms with Crippen LogP contribution in [0.25, 0.3) is 0 Å². The molecule has 3 rings (SSSR count). The quantitative estimate of drug-likeness (QED) is 0.925. The number of aromatic hydroxyl groups is 1. The van der Waals surface area contributed by atoms with Crippen LogP contribution in [0.2, 0.25) is 5.02 Å². The normalized spacial score (nSPS) is 17.5. The summed E-state index contributed by atoms with van der Waals surface area (Å²) in [6, 6.07) is 11.0. The third-order valence-corrected chi connectivity index (χ3v) is 4.36. The number of hydrogen-bond acceptors (Lipinski definition) is 2. The van der Waals surface area contributed by atoms with E-state index >= 15 is 0 Å². The zero-order valence-corrected chi connectivity index (χ0v) is 13.3. The molecule has 0 aromatic heterocycles. The highest BCUT2D eigenvalue weighted by molar-refractivity contribution is 6.31. The molecule has 1 amide bonds. The zero-order chi connectivity index (χ0) is 16.4. The molecule has 1 saturated heterocycles. The second kappa shape index (κ2) is 6.59. The van der Waals surface area contributed by atoms with Crippen LogP contribution >= 0.6 is 11.6 Å². The van der Waals surface area contributed by atoms with Crippen LogP contribution in [0, 0.1) is 11.7 Å². The number of halogens is 2. The fourth-order valence-electron chi connectivity index (χ4n) is 3.01. The first-order chi connectivity index (χ1) is 11.0. The van der Waals surface area contributed by atoms with Crippen LogP contribution < -0.4 is 0 Å². The summed E-state index contributed by atoms with van der Waals surface area (Å²) in [4.78, 5) is 14.2. The predicted molar refractivity (Wildman–Crippen MR) is 87.2 cm³/mol. The van der Waals surface area contributed by atoms with Gasteiger partial charge in [-0.3, -0.25) is 4.79 Å². The van der Waals surface area contributed by atoms with Crippen LogP contribution in [0.4, 0.5) is 4.39 Å². The highest BCUT2D eigenvalue weighted by Gasteiger charge is 2.27. The van der Waals surface area contributed by atoms with Crippen LogP contribution in [0.3, 0.4) is 0 Å². The van der Waals surface area contributed by atoms with E-state index in [9.17, 15) is 14.3 Å². The first-order valence-electron chi connectivity index (χ1n) is 7.54. The number of hydrogen-bond donors (Lipinski definition) is 1. The molecule has 1 N–H and O–H groups in total. The van der Waals surface area contributed by atoms with Gasteiger partial charge in [0.15, 0.2) is 0 Å². The summed E-state index contributed by atoms with van der Waals surface area (Å²) in [7, 11) is 0. The molecule has 1 unspecified atom stereocenters. The Bertz CT molecular complexity index is 697. The Balaban J connectivity index is 1.64. The van der Waals surface area contributed by atoms with Crippen molar-refractivity contribution in [2.24, 2.45) is 5.92 Å². The number of nitrogens with zero attached hydrogens (tertiary/aromatic N) is 1. The minimum atomic E-state index is -0.499. The van der Waals surface area contributed by atoms with Crippen molar-refractivity contribution >= 4 is 17.5 Å². The molecule has 0 bridgehead atoms. The van der Waals surface area contributed by atoms with Gasteiger partial charge in [0.25, 0.3) is 5.91 Å². The summed E-state index contributed by atoms with van der Waals surface area (Å²) in [6.07, 6.45) is 1.77. The standard InChI is InChI=1S/C18H17ClFNO2/c19-15-8-14(9-16(20)10-15)18(23)21-6-5-13(11-21)7-12-1-3-17(22)4-2-12/h1-4,8-10,13,22H,5-7,11H2. The number of amides is 1. The van der Waals surface area contributed by atoms with Gasteiger partial charge in [-0.25, -0.2) is 4.39 Å². The molecule has 2 aromatic rings. The number of carbonyl (C=O) groups is 1. The van der Waals surface area contributed by atoms with Crippen molar-refractivity contribution in [2.75, 3.05) is 13.1 Å². The lowest BCUT2D eigenvalue weighted by molar-refractivity contribution is 0.0786. The van der Waals surface area contributed by atoms with E-state index in [2.05, 4.69) is 0 Å². The van der Waals surface area contributed by atoms with Crippen molar-refractivity contribution in [3.8, 4) is 5.75 Å². The van der Waals surface area contributed by atoms with Gasteiger partial charge in [0.2, 0.25) is 0 Å². The predicted octanol–water partition coefficient (Wildman–Crippen LogP) is 3.89. The molecule has 2 aromatic carbocycles. The molecule has 0 aliphatic carbocycles. The van der Waals surface area contributed by atoms with E-state index in [-0.39, 0.29) is 16.7 Å². The van der Waals surface area contributed by atoms with E-state index in [1.165, 1.54) is 18.2 Å². The Labute approximate surface area is 139 Å². The van der Waals surface area contributed by atoms with E-state index in [0.717, 1.165) is 18.4 Å². The molecule has 1 aliphatic rings. The van der Waals surface area contributed by atoms with Crippen molar-refractivity contribution in [1.29, 1.82) is 0 Å². The smallest absolute Gasteiger partial charge is 0.254 e. The highest BCUT2D eigenvalue weighted by Crippen LogP contribution is 2.24. The van der Waals surface area contributed by atoms with Gasteiger partial charge < -0.3 is 10.0 Å². The van der Waals surface area contributed by atoms with Crippen LogP contribution in [-0.4, -0.2) is 29.0 Å². The van der Waals surface area contributed by atoms with Crippen LogP contribution in [-0.2, 0) is 6.42 Å². The molecule has 0 radical (unpaired) electrons. The summed E-state index contributed by atoms with van der Waals surface area (Å²) in [5, 5.41) is 9.54. The molecule has 120 valence electrons. The van der Waals surface area contributed by atoms with Crippen molar-refractivity contribution in [1.82, 2.24) is 4.90 Å². The lowest BCUT2D eigenvalue weighted by Crippen LogP contribution is -2.29. The Morgan fingerprint density at radius 1 is 1.26 bits per heavy atom. The largest absolute Gasteiger partial charge is 0.508 e. The molecule has 1 fully saturated rings. The Kier molecular flexibility index (Phi) is 4.53. The molecule has 0 spiro atoms. The van der Waals surface area contributed by atoms with Gasteiger partial charge in [0.05, 0.1) is 0 Å². The third kappa shape index (κ3) is 3.82. The van der Waals surface area contributed by atoms with Crippen molar-refractivity contribution < 1.29 is 14.3 Å². The number of phenolic OH excluding ortho intramolecular Hbond substituents is 1. The van der Waals surface area contributed by atoms with Gasteiger partial charge in [0, 0.05) is 23.7 Å². The minimum absolute atomic E-state index is 0.181. The highest BCUT2D eigenvalue weighted by atomic mass is 35.5. The van der Waals surface area contributed by atoms with Crippen LogP contribution in [0.15, 0.2) is 42.5 Å². The van der Waals surface area contributed by atoms with Crippen LogP contribution in [0.1, 0.15) is 22.3 Å². The number of phenols is 1. The average Bonchev–Trinajstić information content (AvgIpc) is 2.96. The van der Waals surface area contributed by atoms with Gasteiger partial charge in [-0.1, -0.05) is 23.7 Å². The van der Waals surface area contributed by atoms with Gasteiger partial charge in [-0.05, 0) is 54.7 Å². The van der Waals surface area contributed by atoms with Crippen molar-refractivity contribution in [3.05, 3.63) is 64.4 Å². The number of benzene rings is 2. The first kappa shape index (κ1) is 15.8. The van der Waals surface area contributed by atoms with Gasteiger partial charge in [-0.15, -0.1) is 0 Å². The lowest BCUT2D eigenvalue weighted by Gasteiger charge is -2.17. The monoisotopic (exact) mass is 333 g/mol. The summed E-state index contributed by atoms with van der Waals surface area (Å²) >= 11 is 5.82. The van der Waals surface area contributed by atoms with E-state index in [0.29, 0.717) is 24.6 Å². The van der Waals surface area contributed by atoms with Gasteiger partial charge in [0.1, 0.15) is 11.6 Å². The molecule has 1 aliphatic heterocycles. The zero-order valence-electron chi connectivity index (χ0n) is 12.5. The number of rotatable bonds is 3. The first-order valence-corrected chi connectivity index (χ1v) is 7.92. The summed E-state index contributed by atoms with van der Waals surface area (Å²) in [5.74, 6) is -0.0622. The third-order valence-electron chi connectivity index (χ3n) is 4.14. The van der Waals surface area contributed by atoms with Crippen molar-refractivity contribution in [3.63, 3.8) is 0 Å². The maximum atomic E-state index is 13.4. The summed E-state index contributed by atoms with van der Waals surface area (Å²) < 4.78 is 13.4. The molecular formula is C18H17ClFNO2. The topological polar surface area (TPSA) is 40.5 Å². The molecule has 1 heterocycles. The fourth-order valence-corrected chi connectivity index (χ4v) is 3.23. The Hall–Kier alpha value is -2.07. The summed E-state index contributed by atoms with van der Waals surface area (Å²) in [5.41, 5.74) is 1.43. The minimum Gasteiger partial charge on any atom is -0.508 e. The Morgan fingerprint density at radius 2 is 2.00 bits per heavy atom. The molecule has 3 nitrogen and oxygen atoms in total. The van der Waals surface area contributed by atoms with E-state index < -0.39 is 5.82 Å². The van der Waals surface area contributed by atoms with E-state index in [4.69, 9.17) is 11.6 Å². The molecule has 1 atom stereocenters. The molecule has 23 heavy (non-hydrogen) atoms. The van der Waals surface area contributed by atoms with E-state index in [1.54, 1.807) is 17.0 Å². The number of carbonyl (C=O) groups excluding carboxylic acids is 1. The SMILES string of the molecule is O=C(c1cc(F)cc(Cl)c1)N1CCC(Cc2ccc(O)cc2)C1. The second-order valence-electron chi connectivity index (χ2n) is 5.93. The number of likely N-dealkylation sites (tertiary alicyclic amines) is 1. The van der Waals surface area contributed by atoms with Crippen molar-refractivity contribution in [2.45, 2.75) is 12.8 Å². The van der Waals surface area contributed by atoms with Crippen LogP contribution in [0.5, 0.6) is 5.75 Å². The average molecular weight is 334 g/mol. The molecule has 5 heteroatoms.